The van der Waals surface area contributed by atoms with E-state index >= 15 is 0 Å². The van der Waals surface area contributed by atoms with Gasteiger partial charge in [0.05, 0.1) is 12.6 Å². The molecule has 2 aromatic rings. The van der Waals surface area contributed by atoms with Crippen molar-refractivity contribution >= 4 is 11.6 Å². The Kier molecular flexibility index (Phi) is 3.96. The summed E-state index contributed by atoms with van der Waals surface area (Å²) < 4.78 is 5.19. The second-order valence-electron chi connectivity index (χ2n) is 9.26. The number of carbonyl (C=O) groups is 1. The number of anilines is 1. The van der Waals surface area contributed by atoms with E-state index in [0.29, 0.717) is 18.3 Å². The number of hydrogen-bond acceptors (Lipinski definition) is 5. The maximum Gasteiger partial charge on any atom is 0.224 e. The average molecular weight is 381 g/mol. The highest BCUT2D eigenvalue weighted by molar-refractivity contribution is 5.91. The van der Waals surface area contributed by atoms with Crippen LogP contribution in [0.4, 0.5) is 5.69 Å². The Labute approximate surface area is 164 Å². The predicted octanol–water partition coefficient (Wildman–Crippen LogP) is 3.31. The molecule has 7 nitrogen and oxygen atoms in total. The zero-order valence-electron chi connectivity index (χ0n) is 16.5. The van der Waals surface area contributed by atoms with E-state index in [1.54, 1.807) is 7.11 Å². The summed E-state index contributed by atoms with van der Waals surface area (Å²) in [6.45, 7) is 1.89. The minimum atomic E-state index is -0.0499. The molecule has 4 atom stereocenters. The van der Waals surface area contributed by atoms with Crippen LogP contribution in [0.5, 0.6) is 5.75 Å². The molecule has 2 unspecified atom stereocenters. The molecular weight excluding hydrogens is 354 g/mol. The number of aromatic nitrogens is 4. The summed E-state index contributed by atoms with van der Waals surface area (Å²) in [5.41, 5.74) is 0.826. The van der Waals surface area contributed by atoms with Gasteiger partial charge in [-0.2, -0.15) is 4.80 Å². The van der Waals surface area contributed by atoms with Crippen molar-refractivity contribution in [1.82, 2.24) is 20.2 Å². The minimum absolute atomic E-state index is 0.0499. The molecule has 1 amide bonds. The summed E-state index contributed by atoms with van der Waals surface area (Å²) in [5.74, 6) is 2.95. The van der Waals surface area contributed by atoms with Crippen LogP contribution >= 0.6 is 0 Å². The molecule has 1 heterocycles. The second kappa shape index (κ2) is 6.29. The molecule has 0 aliphatic heterocycles. The van der Waals surface area contributed by atoms with Gasteiger partial charge >= 0.3 is 0 Å². The fourth-order valence-electron chi connectivity index (χ4n) is 6.55. The van der Waals surface area contributed by atoms with Gasteiger partial charge in [-0.3, -0.25) is 4.79 Å². The lowest BCUT2D eigenvalue weighted by molar-refractivity contribution is -0.135. The van der Waals surface area contributed by atoms with E-state index in [1.807, 2.05) is 36.0 Å². The molecule has 4 saturated carbocycles. The zero-order valence-corrected chi connectivity index (χ0v) is 16.5. The van der Waals surface area contributed by atoms with Crippen molar-refractivity contribution in [2.75, 3.05) is 12.4 Å². The van der Waals surface area contributed by atoms with Crippen LogP contribution in [-0.2, 0) is 10.3 Å². The summed E-state index contributed by atoms with van der Waals surface area (Å²) >= 11 is 0. The standard InChI is InChI=1S/C21H27N5O2/c1-14-23-25-26(24-14)21-10-15-7-16(11-21)9-20(8-15,13-21)12-19(27)22-17-3-5-18(28-2)6-4-17/h3-6,15-16H,7-13H2,1-2H3,(H,22,27)/t15-,16+,20?,21?. The third-order valence-corrected chi connectivity index (χ3v) is 7.00. The topological polar surface area (TPSA) is 81.9 Å². The number of hydrogen-bond donors (Lipinski definition) is 1. The summed E-state index contributed by atoms with van der Waals surface area (Å²) in [6, 6.07) is 7.52. The maximum absolute atomic E-state index is 12.9. The highest BCUT2D eigenvalue weighted by atomic mass is 16.5. The Bertz CT molecular complexity index is 876. The van der Waals surface area contributed by atoms with Crippen LogP contribution in [0.3, 0.4) is 0 Å². The van der Waals surface area contributed by atoms with Gasteiger partial charge in [0, 0.05) is 12.1 Å². The molecule has 4 aliphatic carbocycles. The lowest BCUT2D eigenvalue weighted by Gasteiger charge is -2.61. The number of amides is 1. The third kappa shape index (κ3) is 2.97. The molecule has 4 fully saturated rings. The van der Waals surface area contributed by atoms with Crippen LogP contribution in [0.2, 0.25) is 0 Å². The van der Waals surface area contributed by atoms with Gasteiger partial charge in [-0.05, 0) is 92.2 Å². The van der Waals surface area contributed by atoms with E-state index in [0.717, 1.165) is 49.4 Å². The van der Waals surface area contributed by atoms with Gasteiger partial charge < -0.3 is 10.1 Å². The van der Waals surface area contributed by atoms with E-state index in [4.69, 9.17) is 4.74 Å². The quantitative estimate of drug-likeness (QED) is 0.859. The molecule has 1 aromatic carbocycles. The molecule has 28 heavy (non-hydrogen) atoms. The fourth-order valence-corrected chi connectivity index (χ4v) is 6.55. The smallest absolute Gasteiger partial charge is 0.224 e. The van der Waals surface area contributed by atoms with Crippen molar-refractivity contribution in [1.29, 1.82) is 0 Å². The van der Waals surface area contributed by atoms with Gasteiger partial charge in [-0.15, -0.1) is 10.2 Å². The first-order valence-corrected chi connectivity index (χ1v) is 10.2. The fraction of sp³-hybridized carbons (Fsp3) is 0.619. The highest BCUT2D eigenvalue weighted by Crippen LogP contribution is 2.65. The van der Waals surface area contributed by atoms with Gasteiger partial charge in [0.2, 0.25) is 5.91 Å². The first-order valence-electron chi connectivity index (χ1n) is 10.2. The number of nitrogens with zero attached hydrogens (tertiary/aromatic N) is 4. The zero-order chi connectivity index (χ0) is 19.4. The van der Waals surface area contributed by atoms with Gasteiger partial charge in [-0.25, -0.2) is 0 Å². The molecule has 4 aliphatic rings. The van der Waals surface area contributed by atoms with Crippen LogP contribution in [-0.4, -0.2) is 33.2 Å². The number of benzene rings is 1. The lowest BCUT2D eigenvalue weighted by Crippen LogP contribution is -2.57. The normalized spacial score (nSPS) is 33.1. The Balaban J connectivity index is 1.35. The van der Waals surface area contributed by atoms with Crippen molar-refractivity contribution in [2.45, 2.75) is 57.4 Å². The number of tetrazole rings is 1. The lowest BCUT2D eigenvalue weighted by atomic mass is 9.46. The van der Waals surface area contributed by atoms with Gasteiger partial charge in [0.15, 0.2) is 5.82 Å². The Morgan fingerprint density at radius 3 is 2.54 bits per heavy atom. The van der Waals surface area contributed by atoms with Gasteiger partial charge in [0.25, 0.3) is 0 Å². The highest BCUT2D eigenvalue weighted by Gasteiger charge is 2.59. The van der Waals surface area contributed by atoms with Crippen molar-refractivity contribution in [3.8, 4) is 5.75 Å². The average Bonchev–Trinajstić information content (AvgIpc) is 3.08. The number of nitrogens with one attached hydrogen (secondary N) is 1. The van der Waals surface area contributed by atoms with Crippen molar-refractivity contribution in [3.63, 3.8) is 0 Å². The first-order chi connectivity index (χ1) is 13.5. The van der Waals surface area contributed by atoms with E-state index in [2.05, 4.69) is 20.7 Å². The molecule has 1 N–H and O–H groups in total. The molecule has 148 valence electrons. The molecular formula is C21H27N5O2. The number of aryl methyl sites for hydroxylation is 1. The Morgan fingerprint density at radius 2 is 1.93 bits per heavy atom. The van der Waals surface area contributed by atoms with Crippen molar-refractivity contribution in [2.24, 2.45) is 17.3 Å². The molecule has 0 radical (unpaired) electrons. The maximum atomic E-state index is 12.9. The van der Waals surface area contributed by atoms with Crippen LogP contribution < -0.4 is 10.1 Å². The number of ether oxygens (including phenoxy) is 1. The van der Waals surface area contributed by atoms with Crippen LogP contribution in [0.25, 0.3) is 0 Å². The number of carbonyl (C=O) groups excluding carboxylic acids is 1. The second-order valence-corrected chi connectivity index (χ2v) is 9.26. The molecule has 6 rings (SSSR count). The molecule has 7 heteroatoms. The summed E-state index contributed by atoms with van der Waals surface area (Å²) in [5, 5.41) is 16.1. The summed E-state index contributed by atoms with van der Waals surface area (Å²) in [7, 11) is 1.64. The molecule has 0 spiro atoms. The SMILES string of the molecule is COc1ccc(NC(=O)CC23C[C@H]4C[C@@H](C2)CC(n2nnc(C)n2)(C4)C3)cc1. The van der Waals surface area contributed by atoms with Crippen LogP contribution in [0.15, 0.2) is 24.3 Å². The third-order valence-electron chi connectivity index (χ3n) is 7.00. The first kappa shape index (κ1) is 17.6. The van der Waals surface area contributed by atoms with E-state index < -0.39 is 0 Å². The largest absolute Gasteiger partial charge is 0.497 e. The Hall–Kier alpha value is -2.44. The van der Waals surface area contributed by atoms with E-state index in [-0.39, 0.29) is 16.9 Å². The minimum Gasteiger partial charge on any atom is -0.497 e. The van der Waals surface area contributed by atoms with E-state index in [1.165, 1.54) is 6.42 Å². The summed E-state index contributed by atoms with van der Waals surface area (Å²) in [6.07, 6.45) is 7.39. The predicted molar refractivity (Wildman–Crippen MR) is 104 cm³/mol. The van der Waals surface area contributed by atoms with Gasteiger partial charge in [-0.1, -0.05) is 0 Å². The number of methoxy groups -OCH3 is 1. The Morgan fingerprint density at radius 1 is 1.21 bits per heavy atom. The van der Waals surface area contributed by atoms with Crippen LogP contribution in [0, 0.1) is 24.2 Å². The molecule has 4 bridgehead atoms. The molecule has 1 aromatic heterocycles. The van der Waals surface area contributed by atoms with Gasteiger partial charge in [0.1, 0.15) is 5.75 Å². The summed E-state index contributed by atoms with van der Waals surface area (Å²) in [4.78, 5) is 14.8. The molecule has 0 saturated heterocycles. The van der Waals surface area contributed by atoms with Crippen molar-refractivity contribution < 1.29 is 9.53 Å². The van der Waals surface area contributed by atoms with Crippen LogP contribution in [0.1, 0.15) is 50.8 Å². The monoisotopic (exact) mass is 381 g/mol. The van der Waals surface area contributed by atoms with Crippen molar-refractivity contribution in [3.05, 3.63) is 30.1 Å². The van der Waals surface area contributed by atoms with E-state index in [9.17, 15) is 4.79 Å². The number of rotatable bonds is 5.